The molecule has 1 amide bonds. The molecular weight excluding hydrogens is 176 g/mol. The van der Waals surface area contributed by atoms with Gasteiger partial charge in [0, 0.05) is 30.8 Å². The number of likely N-dealkylation sites (tertiary alicyclic amines) is 1. The monoisotopic (exact) mass is 190 g/mol. The Hall–Kier alpha value is -1.51. The number of aromatic nitrogens is 1. The molecule has 2 heterocycles. The number of nitrogens with one attached hydrogen (secondary N) is 1. The van der Waals surface area contributed by atoms with E-state index >= 15 is 0 Å². The normalized spacial score (nSPS) is 21.6. The van der Waals surface area contributed by atoms with E-state index in [4.69, 9.17) is 0 Å². The van der Waals surface area contributed by atoms with Gasteiger partial charge in [-0.2, -0.15) is 0 Å². The SMILES string of the molecule is C=CC1CC(=O)N(Cc2ccc[nH]2)C1. The number of nitrogens with zero attached hydrogens (tertiary/aromatic N) is 1. The van der Waals surface area contributed by atoms with Crippen molar-refractivity contribution in [3.8, 4) is 0 Å². The first-order valence-electron chi connectivity index (χ1n) is 4.82. The van der Waals surface area contributed by atoms with E-state index in [-0.39, 0.29) is 5.91 Å². The summed E-state index contributed by atoms with van der Waals surface area (Å²) >= 11 is 0. The molecule has 0 radical (unpaired) electrons. The summed E-state index contributed by atoms with van der Waals surface area (Å²) in [5.74, 6) is 0.557. The predicted molar refractivity (Wildman–Crippen MR) is 54.5 cm³/mol. The zero-order valence-corrected chi connectivity index (χ0v) is 8.07. The summed E-state index contributed by atoms with van der Waals surface area (Å²) < 4.78 is 0. The van der Waals surface area contributed by atoms with Crippen LogP contribution in [-0.2, 0) is 11.3 Å². The van der Waals surface area contributed by atoms with Crippen LogP contribution in [0.25, 0.3) is 0 Å². The van der Waals surface area contributed by atoms with Gasteiger partial charge in [0.15, 0.2) is 0 Å². The first kappa shape index (κ1) is 9.06. The van der Waals surface area contributed by atoms with Gasteiger partial charge >= 0.3 is 0 Å². The minimum atomic E-state index is 0.226. The lowest BCUT2D eigenvalue weighted by molar-refractivity contribution is -0.128. The maximum absolute atomic E-state index is 11.5. The summed E-state index contributed by atoms with van der Waals surface area (Å²) in [5.41, 5.74) is 1.09. The van der Waals surface area contributed by atoms with Gasteiger partial charge in [0.1, 0.15) is 0 Å². The number of carbonyl (C=O) groups is 1. The molecule has 0 spiro atoms. The van der Waals surface area contributed by atoms with Crippen LogP contribution in [0.2, 0.25) is 0 Å². The highest BCUT2D eigenvalue weighted by molar-refractivity contribution is 5.78. The molecule has 74 valence electrons. The molecule has 1 aliphatic rings. The van der Waals surface area contributed by atoms with Crippen LogP contribution in [0.1, 0.15) is 12.1 Å². The number of carbonyl (C=O) groups excluding carboxylic acids is 1. The Bertz CT molecular complexity index is 329. The molecule has 0 saturated carbocycles. The minimum absolute atomic E-state index is 0.226. The highest BCUT2D eigenvalue weighted by Crippen LogP contribution is 2.19. The quantitative estimate of drug-likeness (QED) is 0.721. The molecule has 2 rings (SSSR count). The van der Waals surface area contributed by atoms with E-state index in [1.807, 2.05) is 29.3 Å². The highest BCUT2D eigenvalue weighted by atomic mass is 16.2. The number of aromatic amines is 1. The highest BCUT2D eigenvalue weighted by Gasteiger charge is 2.27. The van der Waals surface area contributed by atoms with E-state index in [1.165, 1.54) is 0 Å². The standard InChI is InChI=1S/C11H14N2O/c1-2-9-6-11(14)13(7-9)8-10-4-3-5-12-10/h2-5,9,12H,1,6-8H2. The fourth-order valence-corrected chi connectivity index (χ4v) is 1.78. The lowest BCUT2D eigenvalue weighted by Crippen LogP contribution is -2.24. The second-order valence-electron chi connectivity index (χ2n) is 3.67. The first-order chi connectivity index (χ1) is 6.79. The molecule has 1 aromatic heterocycles. The predicted octanol–water partition coefficient (Wildman–Crippen LogP) is 1.55. The molecule has 1 saturated heterocycles. The average Bonchev–Trinajstić information content (AvgIpc) is 2.78. The van der Waals surface area contributed by atoms with Crippen molar-refractivity contribution in [2.75, 3.05) is 6.54 Å². The van der Waals surface area contributed by atoms with Crippen molar-refractivity contribution in [3.63, 3.8) is 0 Å². The fraction of sp³-hybridized carbons (Fsp3) is 0.364. The number of rotatable bonds is 3. The first-order valence-corrected chi connectivity index (χ1v) is 4.82. The lowest BCUT2D eigenvalue weighted by atomic mass is 10.1. The summed E-state index contributed by atoms with van der Waals surface area (Å²) in [4.78, 5) is 16.5. The molecule has 0 aromatic carbocycles. The Morgan fingerprint density at radius 1 is 1.71 bits per heavy atom. The van der Waals surface area contributed by atoms with Crippen molar-refractivity contribution in [1.29, 1.82) is 0 Å². The van der Waals surface area contributed by atoms with E-state index in [0.717, 1.165) is 12.2 Å². The van der Waals surface area contributed by atoms with Crippen LogP contribution < -0.4 is 0 Å². The van der Waals surface area contributed by atoms with Gasteiger partial charge in [0.25, 0.3) is 0 Å². The largest absolute Gasteiger partial charge is 0.364 e. The molecule has 3 nitrogen and oxygen atoms in total. The maximum atomic E-state index is 11.5. The van der Waals surface area contributed by atoms with Gasteiger partial charge in [0.2, 0.25) is 5.91 Å². The third kappa shape index (κ3) is 1.71. The number of H-pyrrole nitrogens is 1. The van der Waals surface area contributed by atoms with Crippen LogP contribution in [0.5, 0.6) is 0 Å². The lowest BCUT2D eigenvalue weighted by Gasteiger charge is -2.14. The fourth-order valence-electron chi connectivity index (χ4n) is 1.78. The summed E-state index contributed by atoms with van der Waals surface area (Å²) in [5, 5.41) is 0. The van der Waals surface area contributed by atoms with Gasteiger partial charge in [-0.25, -0.2) is 0 Å². The van der Waals surface area contributed by atoms with E-state index in [1.54, 1.807) is 0 Å². The van der Waals surface area contributed by atoms with Crippen LogP contribution in [0.15, 0.2) is 31.0 Å². The number of hydrogen-bond acceptors (Lipinski definition) is 1. The summed E-state index contributed by atoms with van der Waals surface area (Å²) in [6.07, 6.45) is 4.36. The number of hydrogen-bond donors (Lipinski definition) is 1. The topological polar surface area (TPSA) is 36.1 Å². The van der Waals surface area contributed by atoms with Gasteiger partial charge in [0.05, 0.1) is 6.54 Å². The van der Waals surface area contributed by atoms with Crippen LogP contribution in [0.4, 0.5) is 0 Å². The van der Waals surface area contributed by atoms with Crippen LogP contribution in [-0.4, -0.2) is 22.3 Å². The van der Waals surface area contributed by atoms with Gasteiger partial charge in [-0.05, 0) is 12.1 Å². The molecule has 1 N–H and O–H groups in total. The number of amides is 1. The molecular formula is C11H14N2O. The average molecular weight is 190 g/mol. The van der Waals surface area contributed by atoms with Crippen molar-refractivity contribution in [3.05, 3.63) is 36.7 Å². The van der Waals surface area contributed by atoms with Crippen molar-refractivity contribution in [2.24, 2.45) is 5.92 Å². The maximum Gasteiger partial charge on any atom is 0.223 e. The Morgan fingerprint density at radius 3 is 3.14 bits per heavy atom. The van der Waals surface area contributed by atoms with Crippen molar-refractivity contribution >= 4 is 5.91 Å². The summed E-state index contributed by atoms with van der Waals surface area (Å²) in [6, 6.07) is 3.94. The van der Waals surface area contributed by atoms with Crippen molar-refractivity contribution in [1.82, 2.24) is 9.88 Å². The summed E-state index contributed by atoms with van der Waals surface area (Å²) in [7, 11) is 0. The zero-order valence-electron chi connectivity index (χ0n) is 8.07. The Kier molecular flexibility index (Phi) is 2.39. The second-order valence-corrected chi connectivity index (χ2v) is 3.67. The summed E-state index contributed by atoms with van der Waals surface area (Å²) in [6.45, 7) is 5.22. The molecule has 1 fully saturated rings. The third-order valence-electron chi connectivity index (χ3n) is 2.60. The molecule has 1 unspecified atom stereocenters. The van der Waals surface area contributed by atoms with Crippen molar-refractivity contribution < 1.29 is 4.79 Å². The minimum Gasteiger partial charge on any atom is -0.364 e. The molecule has 1 aromatic rings. The van der Waals surface area contributed by atoms with Gasteiger partial charge < -0.3 is 9.88 Å². The second kappa shape index (κ2) is 3.70. The Balaban J connectivity index is 1.99. The van der Waals surface area contributed by atoms with Gasteiger partial charge in [-0.15, -0.1) is 6.58 Å². The van der Waals surface area contributed by atoms with Crippen molar-refractivity contribution in [2.45, 2.75) is 13.0 Å². The molecule has 1 aliphatic heterocycles. The Morgan fingerprint density at radius 2 is 2.57 bits per heavy atom. The molecule has 0 bridgehead atoms. The van der Waals surface area contributed by atoms with E-state index < -0.39 is 0 Å². The van der Waals surface area contributed by atoms with E-state index in [2.05, 4.69) is 11.6 Å². The Labute approximate surface area is 83.4 Å². The molecule has 1 atom stereocenters. The van der Waals surface area contributed by atoms with Crippen LogP contribution in [0.3, 0.4) is 0 Å². The zero-order chi connectivity index (χ0) is 9.97. The molecule has 3 heteroatoms. The third-order valence-corrected chi connectivity index (χ3v) is 2.60. The smallest absolute Gasteiger partial charge is 0.223 e. The van der Waals surface area contributed by atoms with Crippen LogP contribution >= 0.6 is 0 Å². The van der Waals surface area contributed by atoms with E-state index in [0.29, 0.717) is 18.9 Å². The molecule has 0 aliphatic carbocycles. The molecule has 14 heavy (non-hydrogen) atoms. The van der Waals surface area contributed by atoms with E-state index in [9.17, 15) is 4.79 Å². The van der Waals surface area contributed by atoms with Crippen LogP contribution in [0, 0.1) is 5.92 Å². The van der Waals surface area contributed by atoms with Gasteiger partial charge in [-0.1, -0.05) is 6.08 Å². The van der Waals surface area contributed by atoms with Gasteiger partial charge in [-0.3, -0.25) is 4.79 Å².